The molecule has 1 rings (SSSR count). The van der Waals surface area contributed by atoms with Crippen molar-refractivity contribution in [2.75, 3.05) is 5.32 Å². The number of hydrogen-bond acceptors (Lipinski definition) is 4. The maximum absolute atomic E-state index is 10.9. The van der Waals surface area contributed by atoms with Crippen LogP contribution >= 0.6 is 11.3 Å². The summed E-state index contributed by atoms with van der Waals surface area (Å²) in [4.78, 5) is 14.9. The van der Waals surface area contributed by atoms with Gasteiger partial charge in [-0.25, -0.2) is 4.98 Å². The topological polar surface area (TPSA) is 62.2 Å². The van der Waals surface area contributed by atoms with Crippen LogP contribution in [0.15, 0.2) is 5.38 Å². The zero-order chi connectivity index (χ0) is 9.14. The summed E-state index contributed by atoms with van der Waals surface area (Å²) in [5.41, 5.74) is 0.862. The molecule has 1 aromatic heterocycles. The molecule has 0 fully saturated rings. The third-order valence-corrected chi connectivity index (χ3v) is 2.10. The average Bonchev–Trinajstić information content (AvgIpc) is 2.35. The van der Waals surface area contributed by atoms with Crippen LogP contribution in [0.4, 0.5) is 5.13 Å². The molecular formula is C7H10N2O2S. The van der Waals surface area contributed by atoms with Crippen molar-refractivity contribution in [3.05, 3.63) is 11.1 Å². The number of thiazole rings is 1. The number of nitrogens with zero attached hydrogens (tertiary/aromatic N) is 1. The smallest absolute Gasteiger partial charge is 0.254 e. The van der Waals surface area contributed by atoms with E-state index in [0.29, 0.717) is 5.13 Å². The van der Waals surface area contributed by atoms with Crippen molar-refractivity contribution >= 4 is 22.4 Å². The Bertz CT molecular complexity index is 283. The first-order valence-corrected chi connectivity index (χ1v) is 4.38. The van der Waals surface area contributed by atoms with Crippen LogP contribution in [-0.4, -0.2) is 22.1 Å². The highest BCUT2D eigenvalue weighted by molar-refractivity contribution is 7.13. The molecule has 0 aliphatic heterocycles. The van der Waals surface area contributed by atoms with Gasteiger partial charge in [0.05, 0.1) is 5.69 Å². The second-order valence-corrected chi connectivity index (χ2v) is 3.32. The Hall–Kier alpha value is -0.940. The summed E-state index contributed by atoms with van der Waals surface area (Å²) in [6.07, 6.45) is -0.991. The Balaban J connectivity index is 2.58. The lowest BCUT2D eigenvalue weighted by Gasteiger charge is -2.02. The summed E-state index contributed by atoms with van der Waals surface area (Å²) in [5.74, 6) is -0.427. The number of hydrogen-bond donors (Lipinski definition) is 2. The van der Waals surface area contributed by atoms with Gasteiger partial charge >= 0.3 is 0 Å². The number of nitrogens with one attached hydrogen (secondary N) is 1. The Kier molecular flexibility index (Phi) is 2.78. The molecule has 12 heavy (non-hydrogen) atoms. The summed E-state index contributed by atoms with van der Waals surface area (Å²) in [5, 5.41) is 13.7. The number of aryl methyl sites for hydroxylation is 1. The van der Waals surface area contributed by atoms with Crippen molar-refractivity contribution < 1.29 is 9.90 Å². The van der Waals surface area contributed by atoms with Gasteiger partial charge in [0.15, 0.2) is 5.13 Å². The van der Waals surface area contributed by atoms with Gasteiger partial charge in [-0.1, -0.05) is 0 Å². The van der Waals surface area contributed by atoms with Gasteiger partial charge in [-0.15, -0.1) is 11.3 Å². The third-order valence-electron chi connectivity index (χ3n) is 1.23. The number of rotatable bonds is 2. The highest BCUT2D eigenvalue weighted by Gasteiger charge is 2.09. The van der Waals surface area contributed by atoms with Crippen molar-refractivity contribution in [3.8, 4) is 0 Å². The Morgan fingerprint density at radius 2 is 2.50 bits per heavy atom. The molecule has 0 unspecified atom stereocenters. The zero-order valence-corrected chi connectivity index (χ0v) is 7.68. The van der Waals surface area contributed by atoms with Crippen LogP contribution in [0.5, 0.6) is 0 Å². The molecule has 1 amide bonds. The van der Waals surface area contributed by atoms with Gasteiger partial charge in [0.1, 0.15) is 6.10 Å². The maximum Gasteiger partial charge on any atom is 0.254 e. The lowest BCUT2D eigenvalue weighted by molar-refractivity contribution is -0.123. The molecule has 0 saturated carbocycles. The van der Waals surface area contributed by atoms with Crippen LogP contribution in [0, 0.1) is 6.92 Å². The summed E-state index contributed by atoms with van der Waals surface area (Å²) in [7, 11) is 0. The minimum absolute atomic E-state index is 0.427. The number of aromatic nitrogens is 1. The van der Waals surface area contributed by atoms with E-state index in [0.717, 1.165) is 5.69 Å². The number of carbonyl (C=O) groups excluding carboxylic acids is 1. The van der Waals surface area contributed by atoms with Crippen molar-refractivity contribution in [1.29, 1.82) is 0 Å². The van der Waals surface area contributed by atoms with Crippen LogP contribution < -0.4 is 5.32 Å². The van der Waals surface area contributed by atoms with E-state index in [9.17, 15) is 4.79 Å². The fourth-order valence-electron chi connectivity index (χ4n) is 0.621. The number of anilines is 1. The molecule has 0 spiro atoms. The quantitative estimate of drug-likeness (QED) is 0.717. The minimum atomic E-state index is -0.991. The molecule has 5 heteroatoms. The van der Waals surface area contributed by atoms with Gasteiger partial charge in [-0.3, -0.25) is 10.1 Å². The fraction of sp³-hybridized carbons (Fsp3) is 0.429. The van der Waals surface area contributed by atoms with Crippen LogP contribution in [0.1, 0.15) is 12.6 Å². The van der Waals surface area contributed by atoms with E-state index in [-0.39, 0.29) is 0 Å². The van der Waals surface area contributed by atoms with E-state index >= 15 is 0 Å². The Morgan fingerprint density at radius 3 is 2.92 bits per heavy atom. The van der Waals surface area contributed by atoms with Gasteiger partial charge in [0, 0.05) is 5.38 Å². The molecule has 66 valence electrons. The minimum Gasteiger partial charge on any atom is -0.384 e. The van der Waals surface area contributed by atoms with Gasteiger partial charge < -0.3 is 5.11 Å². The zero-order valence-electron chi connectivity index (χ0n) is 6.87. The molecule has 4 nitrogen and oxygen atoms in total. The summed E-state index contributed by atoms with van der Waals surface area (Å²) in [6, 6.07) is 0. The molecule has 0 aromatic carbocycles. The fourth-order valence-corrected chi connectivity index (χ4v) is 1.31. The van der Waals surface area contributed by atoms with Gasteiger partial charge in [-0.05, 0) is 13.8 Å². The monoisotopic (exact) mass is 186 g/mol. The molecule has 0 radical (unpaired) electrons. The normalized spacial score (nSPS) is 12.6. The summed E-state index contributed by atoms with van der Waals surface area (Å²) < 4.78 is 0. The lowest BCUT2D eigenvalue weighted by Crippen LogP contribution is -2.24. The third kappa shape index (κ3) is 2.28. The molecule has 0 saturated heterocycles. The molecule has 1 atom stereocenters. The number of carbonyl (C=O) groups is 1. The highest BCUT2D eigenvalue weighted by Crippen LogP contribution is 2.14. The first kappa shape index (κ1) is 9.15. The molecular weight excluding hydrogens is 176 g/mol. The molecule has 1 aromatic rings. The molecule has 0 aliphatic carbocycles. The van der Waals surface area contributed by atoms with Crippen LogP contribution in [0.3, 0.4) is 0 Å². The maximum atomic E-state index is 10.9. The molecule has 1 heterocycles. The van der Waals surface area contributed by atoms with Crippen LogP contribution in [0.25, 0.3) is 0 Å². The predicted octanol–water partition coefficient (Wildman–Crippen LogP) is 0.771. The van der Waals surface area contributed by atoms with Gasteiger partial charge in [0.2, 0.25) is 0 Å². The standard InChI is InChI=1S/C7H10N2O2S/c1-4-3-12-7(8-4)9-6(11)5(2)10/h3,5,10H,1-2H3,(H,8,9,11)/t5-/m0/s1. The first-order valence-electron chi connectivity index (χ1n) is 3.50. The van der Waals surface area contributed by atoms with E-state index in [1.54, 1.807) is 0 Å². The number of aliphatic hydroxyl groups is 1. The predicted molar refractivity (Wildman–Crippen MR) is 47.2 cm³/mol. The van der Waals surface area contributed by atoms with Gasteiger partial charge in [-0.2, -0.15) is 0 Å². The number of aliphatic hydroxyl groups excluding tert-OH is 1. The first-order chi connectivity index (χ1) is 5.59. The molecule has 0 aliphatic rings. The number of amides is 1. The molecule has 0 bridgehead atoms. The largest absolute Gasteiger partial charge is 0.384 e. The second-order valence-electron chi connectivity index (χ2n) is 2.46. The molecule has 2 N–H and O–H groups in total. The van der Waals surface area contributed by atoms with Crippen LogP contribution in [-0.2, 0) is 4.79 Å². The van der Waals surface area contributed by atoms with Crippen LogP contribution in [0.2, 0.25) is 0 Å². The Labute approximate surface area is 74.3 Å². The van der Waals surface area contributed by atoms with E-state index in [2.05, 4.69) is 10.3 Å². The van der Waals surface area contributed by atoms with Gasteiger partial charge in [0.25, 0.3) is 5.91 Å². The summed E-state index contributed by atoms with van der Waals surface area (Å²) >= 11 is 1.34. The lowest BCUT2D eigenvalue weighted by atomic mass is 10.4. The van der Waals surface area contributed by atoms with Crippen molar-refractivity contribution in [3.63, 3.8) is 0 Å². The Morgan fingerprint density at radius 1 is 1.83 bits per heavy atom. The average molecular weight is 186 g/mol. The second kappa shape index (κ2) is 3.64. The van der Waals surface area contributed by atoms with E-state index in [4.69, 9.17) is 5.11 Å². The van der Waals surface area contributed by atoms with E-state index < -0.39 is 12.0 Å². The SMILES string of the molecule is Cc1csc(NC(=O)[C@H](C)O)n1. The van der Waals surface area contributed by atoms with Crippen molar-refractivity contribution in [1.82, 2.24) is 4.98 Å². The van der Waals surface area contributed by atoms with E-state index in [1.807, 2.05) is 12.3 Å². The highest BCUT2D eigenvalue weighted by atomic mass is 32.1. The summed E-state index contributed by atoms with van der Waals surface area (Å²) in [6.45, 7) is 3.25. The van der Waals surface area contributed by atoms with E-state index in [1.165, 1.54) is 18.3 Å². The van der Waals surface area contributed by atoms with Crippen molar-refractivity contribution in [2.45, 2.75) is 20.0 Å². The van der Waals surface area contributed by atoms with Crippen molar-refractivity contribution in [2.24, 2.45) is 0 Å².